The molecule has 3 N–H and O–H groups in total. The van der Waals surface area contributed by atoms with E-state index in [0.717, 1.165) is 32.6 Å². The molecule has 0 bridgehead atoms. The highest BCUT2D eigenvalue weighted by atomic mass is 32.1. The maximum atomic E-state index is 11.9. The molecule has 3 heterocycles. The second-order valence-corrected chi connectivity index (χ2v) is 7.70. The second-order valence-electron chi connectivity index (χ2n) is 6.70. The Morgan fingerprint density at radius 1 is 1.03 bits per heavy atom. The van der Waals surface area contributed by atoms with Crippen LogP contribution in [0.1, 0.15) is 13.8 Å². The Balaban J connectivity index is 1.79. The van der Waals surface area contributed by atoms with Crippen molar-refractivity contribution in [3.8, 4) is 22.4 Å². The fourth-order valence-corrected chi connectivity index (χ4v) is 4.05. The Kier molecular flexibility index (Phi) is 5.85. The normalized spacial score (nSPS) is 10.6. The van der Waals surface area contributed by atoms with E-state index < -0.39 is 0 Å². The summed E-state index contributed by atoms with van der Waals surface area (Å²) in [5, 5.41) is 8.66. The van der Waals surface area contributed by atoms with Gasteiger partial charge in [0.25, 0.3) is 0 Å². The molecule has 8 nitrogen and oxygen atoms in total. The van der Waals surface area contributed by atoms with Gasteiger partial charge in [-0.05, 0) is 48.9 Å². The summed E-state index contributed by atoms with van der Waals surface area (Å²) in [6.07, 6.45) is 3.45. The summed E-state index contributed by atoms with van der Waals surface area (Å²) in [6, 6.07) is 13.1. The Hall–Kier alpha value is -3.85. The van der Waals surface area contributed by atoms with E-state index in [0.29, 0.717) is 17.5 Å². The minimum absolute atomic E-state index is 0.172. The summed E-state index contributed by atoms with van der Waals surface area (Å²) in [6.45, 7) is 3.83. The van der Waals surface area contributed by atoms with Crippen LogP contribution in [0.5, 0.6) is 0 Å². The smallest absolute Gasteiger partial charge is 0.321 e. The first kappa shape index (κ1) is 20.4. The zero-order chi connectivity index (χ0) is 21.8. The predicted molar refractivity (Wildman–Crippen MR) is 123 cm³/mol. The SMILES string of the molecule is CCNC(=O)Nc1nc2cc(-c3ccc(NC(C)=O)nc3)cc(-c3ccccn3)c2s1. The molecule has 0 radical (unpaired) electrons. The summed E-state index contributed by atoms with van der Waals surface area (Å²) < 4.78 is 0.928. The molecule has 0 saturated heterocycles. The van der Waals surface area contributed by atoms with Crippen LogP contribution < -0.4 is 16.0 Å². The molecular formula is C22H20N6O2S. The molecule has 3 amide bonds. The second kappa shape index (κ2) is 8.88. The fraction of sp³-hybridized carbons (Fsp3) is 0.136. The van der Waals surface area contributed by atoms with Crippen LogP contribution >= 0.6 is 11.3 Å². The molecule has 1 aromatic carbocycles. The molecule has 31 heavy (non-hydrogen) atoms. The molecule has 0 atom stereocenters. The van der Waals surface area contributed by atoms with Crippen LogP contribution in [0, 0.1) is 0 Å². The van der Waals surface area contributed by atoms with Gasteiger partial charge in [-0.25, -0.2) is 14.8 Å². The topological polar surface area (TPSA) is 109 Å². The lowest BCUT2D eigenvalue weighted by Gasteiger charge is -2.08. The Morgan fingerprint density at radius 3 is 2.58 bits per heavy atom. The van der Waals surface area contributed by atoms with Crippen molar-refractivity contribution in [2.45, 2.75) is 13.8 Å². The van der Waals surface area contributed by atoms with E-state index in [-0.39, 0.29) is 11.9 Å². The van der Waals surface area contributed by atoms with Gasteiger partial charge in [-0.3, -0.25) is 15.1 Å². The van der Waals surface area contributed by atoms with Crippen molar-refractivity contribution in [1.82, 2.24) is 20.3 Å². The number of carbonyl (C=O) groups is 2. The van der Waals surface area contributed by atoms with Gasteiger partial charge in [0.2, 0.25) is 5.91 Å². The zero-order valence-corrected chi connectivity index (χ0v) is 17.8. The Morgan fingerprint density at radius 2 is 1.90 bits per heavy atom. The summed E-state index contributed by atoms with van der Waals surface area (Å²) in [5.41, 5.74) is 4.26. The monoisotopic (exact) mass is 432 g/mol. The van der Waals surface area contributed by atoms with E-state index in [1.165, 1.54) is 18.3 Å². The van der Waals surface area contributed by atoms with Crippen LogP contribution in [-0.2, 0) is 4.79 Å². The highest BCUT2D eigenvalue weighted by Crippen LogP contribution is 2.38. The molecule has 156 valence electrons. The number of nitrogens with one attached hydrogen (secondary N) is 3. The van der Waals surface area contributed by atoms with Crippen molar-refractivity contribution in [3.63, 3.8) is 0 Å². The van der Waals surface area contributed by atoms with E-state index in [1.807, 2.05) is 43.3 Å². The van der Waals surface area contributed by atoms with Gasteiger partial charge in [0.05, 0.1) is 15.9 Å². The number of rotatable bonds is 5. The summed E-state index contributed by atoms with van der Waals surface area (Å²) in [7, 11) is 0. The first-order valence-corrected chi connectivity index (χ1v) is 10.5. The molecular weight excluding hydrogens is 412 g/mol. The molecule has 0 aliphatic rings. The number of hydrogen-bond donors (Lipinski definition) is 3. The van der Waals surface area contributed by atoms with Gasteiger partial charge in [-0.15, -0.1) is 0 Å². The van der Waals surface area contributed by atoms with Crippen LogP contribution in [-0.4, -0.2) is 33.4 Å². The summed E-state index contributed by atoms with van der Waals surface area (Å²) in [5.74, 6) is 0.318. The third kappa shape index (κ3) is 4.67. The Labute approximate surface area is 182 Å². The number of thiazole rings is 1. The van der Waals surface area contributed by atoms with Crippen LogP contribution in [0.25, 0.3) is 32.6 Å². The van der Waals surface area contributed by atoms with Gasteiger partial charge in [-0.2, -0.15) is 0 Å². The number of anilines is 2. The first-order valence-electron chi connectivity index (χ1n) is 9.68. The molecule has 0 unspecified atom stereocenters. The maximum Gasteiger partial charge on any atom is 0.321 e. The predicted octanol–water partition coefficient (Wildman–Crippen LogP) is 4.52. The average molecular weight is 433 g/mol. The van der Waals surface area contributed by atoms with Crippen molar-refractivity contribution in [2.24, 2.45) is 0 Å². The van der Waals surface area contributed by atoms with E-state index in [1.54, 1.807) is 18.5 Å². The molecule has 3 aromatic heterocycles. The van der Waals surface area contributed by atoms with Gasteiger partial charge in [0, 0.05) is 37.0 Å². The molecule has 0 fully saturated rings. The Bertz CT molecular complexity index is 1240. The quantitative estimate of drug-likeness (QED) is 0.430. The number of hydrogen-bond acceptors (Lipinski definition) is 6. The standard InChI is InChI=1S/C22H20N6O2S/c1-3-23-21(30)28-22-27-18-11-15(14-7-8-19(25-12-14)26-13(2)29)10-16(20(18)31-22)17-6-4-5-9-24-17/h4-12H,3H2,1-2H3,(H,25,26,29)(H2,23,27,28,30). The van der Waals surface area contributed by atoms with E-state index in [2.05, 4.69) is 30.9 Å². The molecule has 4 aromatic rings. The molecule has 0 aliphatic heterocycles. The minimum atomic E-state index is -0.293. The van der Waals surface area contributed by atoms with Gasteiger partial charge in [0.1, 0.15) is 5.82 Å². The lowest BCUT2D eigenvalue weighted by Crippen LogP contribution is -2.28. The van der Waals surface area contributed by atoms with Gasteiger partial charge in [0.15, 0.2) is 5.13 Å². The maximum absolute atomic E-state index is 11.9. The number of nitrogens with zero attached hydrogens (tertiary/aromatic N) is 3. The van der Waals surface area contributed by atoms with Crippen molar-refractivity contribution in [2.75, 3.05) is 17.2 Å². The lowest BCUT2D eigenvalue weighted by molar-refractivity contribution is -0.114. The first-order chi connectivity index (χ1) is 15.0. The van der Waals surface area contributed by atoms with Crippen LogP contribution in [0.3, 0.4) is 0 Å². The zero-order valence-electron chi connectivity index (χ0n) is 17.0. The number of urea groups is 1. The van der Waals surface area contributed by atoms with Crippen molar-refractivity contribution in [1.29, 1.82) is 0 Å². The summed E-state index contributed by atoms with van der Waals surface area (Å²) in [4.78, 5) is 36.6. The largest absolute Gasteiger partial charge is 0.338 e. The fourth-order valence-electron chi connectivity index (χ4n) is 3.09. The van der Waals surface area contributed by atoms with Gasteiger partial charge in [-0.1, -0.05) is 17.4 Å². The van der Waals surface area contributed by atoms with Gasteiger partial charge < -0.3 is 10.6 Å². The third-order valence-corrected chi connectivity index (χ3v) is 5.41. The highest BCUT2D eigenvalue weighted by molar-refractivity contribution is 7.22. The number of benzene rings is 1. The number of amides is 3. The van der Waals surface area contributed by atoms with Crippen molar-refractivity contribution in [3.05, 3.63) is 54.9 Å². The third-order valence-electron chi connectivity index (χ3n) is 4.39. The van der Waals surface area contributed by atoms with E-state index >= 15 is 0 Å². The molecule has 4 rings (SSSR count). The molecule has 9 heteroatoms. The number of carbonyl (C=O) groups excluding carboxylic acids is 2. The highest BCUT2D eigenvalue weighted by Gasteiger charge is 2.15. The minimum Gasteiger partial charge on any atom is -0.338 e. The molecule has 0 spiro atoms. The molecule has 0 saturated carbocycles. The summed E-state index contributed by atoms with van der Waals surface area (Å²) >= 11 is 1.40. The van der Waals surface area contributed by atoms with Crippen LogP contribution in [0.15, 0.2) is 54.9 Å². The van der Waals surface area contributed by atoms with E-state index in [4.69, 9.17) is 0 Å². The van der Waals surface area contributed by atoms with Crippen LogP contribution in [0.4, 0.5) is 15.7 Å². The van der Waals surface area contributed by atoms with Crippen molar-refractivity contribution >= 4 is 44.4 Å². The number of fused-ring (bicyclic) bond motifs is 1. The van der Waals surface area contributed by atoms with Crippen LogP contribution in [0.2, 0.25) is 0 Å². The lowest BCUT2D eigenvalue weighted by atomic mass is 10.0. The van der Waals surface area contributed by atoms with Crippen molar-refractivity contribution < 1.29 is 9.59 Å². The molecule has 0 aliphatic carbocycles. The number of pyridine rings is 2. The number of aromatic nitrogens is 3. The van der Waals surface area contributed by atoms with Gasteiger partial charge >= 0.3 is 6.03 Å². The average Bonchev–Trinajstić information content (AvgIpc) is 3.16. The van der Waals surface area contributed by atoms with E-state index in [9.17, 15) is 9.59 Å².